The Kier molecular flexibility index (Phi) is 8.00. The number of nitrogens with zero attached hydrogens (tertiary/aromatic N) is 1. The number of amides is 1. The number of carbonyl (C=O) groups excluding carboxylic acids is 1. The standard InChI is InChI=1S/C20H19Cl2N3O3/c1-27-18-4-3-13(7-19(18)28-2)5-6-24-20(26)14(11-23)12-25-17-9-15(21)8-16(22)10-17/h3-4,7-10,12,25H,5-6H2,1-2H3,(H,24,26)/b14-12-. The third-order valence-electron chi connectivity index (χ3n) is 3.76. The molecule has 0 fully saturated rings. The number of halogens is 2. The van der Waals surface area contributed by atoms with Crippen molar-refractivity contribution in [2.45, 2.75) is 6.42 Å². The van der Waals surface area contributed by atoms with Gasteiger partial charge in [-0.05, 0) is 42.3 Å². The highest BCUT2D eigenvalue weighted by molar-refractivity contribution is 6.35. The van der Waals surface area contributed by atoms with Gasteiger partial charge >= 0.3 is 0 Å². The molecule has 0 aliphatic heterocycles. The number of hydrogen-bond donors (Lipinski definition) is 2. The zero-order valence-electron chi connectivity index (χ0n) is 15.4. The van der Waals surface area contributed by atoms with Crippen LogP contribution in [0.3, 0.4) is 0 Å². The molecule has 0 heterocycles. The number of anilines is 1. The SMILES string of the molecule is COc1ccc(CCNC(=O)/C(C#N)=C\Nc2cc(Cl)cc(Cl)c2)cc1OC. The number of nitriles is 1. The van der Waals surface area contributed by atoms with E-state index in [2.05, 4.69) is 10.6 Å². The van der Waals surface area contributed by atoms with E-state index in [4.69, 9.17) is 32.7 Å². The molecule has 2 aromatic carbocycles. The predicted molar refractivity (Wildman–Crippen MR) is 110 cm³/mol. The van der Waals surface area contributed by atoms with Gasteiger partial charge in [0, 0.05) is 28.5 Å². The molecule has 0 saturated heterocycles. The summed E-state index contributed by atoms with van der Waals surface area (Å²) in [4.78, 5) is 12.2. The van der Waals surface area contributed by atoms with E-state index in [-0.39, 0.29) is 5.57 Å². The molecule has 0 unspecified atom stereocenters. The van der Waals surface area contributed by atoms with Crippen molar-refractivity contribution in [3.8, 4) is 17.6 Å². The molecular formula is C20H19Cl2N3O3. The van der Waals surface area contributed by atoms with Crippen LogP contribution in [0.25, 0.3) is 0 Å². The molecule has 0 radical (unpaired) electrons. The van der Waals surface area contributed by atoms with Crippen LogP contribution in [-0.2, 0) is 11.2 Å². The van der Waals surface area contributed by atoms with Crippen LogP contribution < -0.4 is 20.1 Å². The number of nitrogens with one attached hydrogen (secondary N) is 2. The summed E-state index contributed by atoms with van der Waals surface area (Å²) in [5, 5.41) is 15.7. The van der Waals surface area contributed by atoms with Gasteiger partial charge in [-0.25, -0.2) is 0 Å². The van der Waals surface area contributed by atoms with Crippen LogP contribution in [0, 0.1) is 11.3 Å². The molecule has 2 rings (SSSR count). The Labute approximate surface area is 173 Å². The summed E-state index contributed by atoms with van der Waals surface area (Å²) < 4.78 is 10.5. The number of hydrogen-bond acceptors (Lipinski definition) is 5. The minimum Gasteiger partial charge on any atom is -0.493 e. The van der Waals surface area contributed by atoms with Crippen LogP contribution in [-0.4, -0.2) is 26.7 Å². The molecule has 0 saturated carbocycles. The first-order valence-corrected chi connectivity index (χ1v) is 9.04. The largest absolute Gasteiger partial charge is 0.493 e. The quantitative estimate of drug-likeness (QED) is 0.494. The van der Waals surface area contributed by atoms with Crippen molar-refractivity contribution < 1.29 is 14.3 Å². The van der Waals surface area contributed by atoms with Crippen LogP contribution in [0.15, 0.2) is 48.2 Å². The fourth-order valence-corrected chi connectivity index (χ4v) is 2.92. The second-order valence-electron chi connectivity index (χ2n) is 5.67. The van der Waals surface area contributed by atoms with Crippen molar-refractivity contribution in [1.82, 2.24) is 5.32 Å². The van der Waals surface area contributed by atoms with E-state index in [1.54, 1.807) is 38.5 Å². The number of ether oxygens (including phenoxy) is 2. The van der Waals surface area contributed by atoms with Gasteiger partial charge in [0.05, 0.1) is 14.2 Å². The summed E-state index contributed by atoms with van der Waals surface area (Å²) in [6, 6.07) is 12.3. The lowest BCUT2D eigenvalue weighted by Crippen LogP contribution is -2.27. The molecule has 2 aromatic rings. The van der Waals surface area contributed by atoms with Gasteiger partial charge in [0.2, 0.25) is 0 Å². The Balaban J connectivity index is 1.94. The molecule has 0 bridgehead atoms. The molecule has 2 N–H and O–H groups in total. The molecule has 146 valence electrons. The van der Waals surface area contributed by atoms with E-state index >= 15 is 0 Å². The van der Waals surface area contributed by atoms with Crippen LogP contribution in [0.5, 0.6) is 11.5 Å². The van der Waals surface area contributed by atoms with Crippen LogP contribution in [0.1, 0.15) is 5.56 Å². The molecule has 0 spiro atoms. The molecule has 0 aliphatic carbocycles. The van der Waals surface area contributed by atoms with Crippen molar-refractivity contribution in [3.05, 3.63) is 63.8 Å². The van der Waals surface area contributed by atoms with Gasteiger partial charge in [0.1, 0.15) is 11.6 Å². The summed E-state index contributed by atoms with van der Waals surface area (Å²) in [6.45, 7) is 0.357. The minimum atomic E-state index is -0.483. The van der Waals surface area contributed by atoms with Gasteiger partial charge < -0.3 is 20.1 Å². The van der Waals surface area contributed by atoms with Gasteiger partial charge in [-0.3, -0.25) is 4.79 Å². The first-order valence-electron chi connectivity index (χ1n) is 8.28. The Morgan fingerprint density at radius 1 is 1.11 bits per heavy atom. The Hall–Kier alpha value is -2.88. The second-order valence-corrected chi connectivity index (χ2v) is 6.54. The third-order valence-corrected chi connectivity index (χ3v) is 4.19. The first-order chi connectivity index (χ1) is 13.5. The maximum absolute atomic E-state index is 12.2. The summed E-state index contributed by atoms with van der Waals surface area (Å²) in [5.41, 5.74) is 1.47. The summed E-state index contributed by atoms with van der Waals surface area (Å²) in [7, 11) is 3.13. The first kappa shape index (κ1) is 21.4. The minimum absolute atomic E-state index is 0.0663. The second kappa shape index (κ2) is 10.5. The number of benzene rings is 2. The normalized spacial score (nSPS) is 10.8. The van der Waals surface area contributed by atoms with E-state index in [0.717, 1.165) is 5.56 Å². The van der Waals surface area contributed by atoms with Crippen molar-refractivity contribution in [2.75, 3.05) is 26.1 Å². The van der Waals surface area contributed by atoms with Gasteiger partial charge in [-0.2, -0.15) is 5.26 Å². The lowest BCUT2D eigenvalue weighted by molar-refractivity contribution is -0.117. The van der Waals surface area contributed by atoms with Gasteiger partial charge in [0.25, 0.3) is 5.91 Å². The third kappa shape index (κ3) is 6.08. The van der Waals surface area contributed by atoms with E-state index in [0.29, 0.717) is 40.2 Å². The fourth-order valence-electron chi connectivity index (χ4n) is 2.39. The van der Waals surface area contributed by atoms with Crippen molar-refractivity contribution in [3.63, 3.8) is 0 Å². The van der Waals surface area contributed by atoms with Crippen LogP contribution >= 0.6 is 23.2 Å². The molecule has 0 aromatic heterocycles. The van der Waals surface area contributed by atoms with Gasteiger partial charge in [-0.15, -0.1) is 0 Å². The number of methoxy groups -OCH3 is 2. The zero-order valence-corrected chi connectivity index (χ0v) is 16.9. The zero-order chi connectivity index (χ0) is 20.5. The molecule has 28 heavy (non-hydrogen) atoms. The summed E-state index contributed by atoms with van der Waals surface area (Å²) in [6.07, 6.45) is 1.88. The van der Waals surface area contributed by atoms with Crippen molar-refractivity contribution in [1.29, 1.82) is 5.26 Å². The van der Waals surface area contributed by atoms with E-state index < -0.39 is 5.91 Å². The number of rotatable bonds is 8. The summed E-state index contributed by atoms with van der Waals surface area (Å²) in [5.74, 6) is 0.772. The Bertz CT molecular complexity index is 903. The highest BCUT2D eigenvalue weighted by atomic mass is 35.5. The molecule has 8 heteroatoms. The monoisotopic (exact) mass is 419 g/mol. The Morgan fingerprint density at radius 2 is 1.79 bits per heavy atom. The van der Waals surface area contributed by atoms with Crippen LogP contribution in [0.2, 0.25) is 10.0 Å². The maximum Gasteiger partial charge on any atom is 0.263 e. The van der Waals surface area contributed by atoms with E-state index in [1.807, 2.05) is 18.2 Å². The van der Waals surface area contributed by atoms with Gasteiger partial charge in [0.15, 0.2) is 11.5 Å². The average Bonchev–Trinajstić information content (AvgIpc) is 2.67. The predicted octanol–water partition coefficient (Wildman–Crippen LogP) is 4.19. The Morgan fingerprint density at radius 3 is 2.39 bits per heavy atom. The van der Waals surface area contributed by atoms with E-state index in [9.17, 15) is 10.1 Å². The fraction of sp³-hybridized carbons (Fsp3) is 0.200. The van der Waals surface area contributed by atoms with Crippen molar-refractivity contribution in [2.24, 2.45) is 0 Å². The number of carbonyl (C=O) groups is 1. The van der Waals surface area contributed by atoms with Crippen LogP contribution in [0.4, 0.5) is 5.69 Å². The lowest BCUT2D eigenvalue weighted by Gasteiger charge is -2.10. The summed E-state index contributed by atoms with van der Waals surface area (Å²) >= 11 is 11.8. The molecular weight excluding hydrogens is 401 g/mol. The molecule has 0 aliphatic rings. The van der Waals surface area contributed by atoms with Crippen molar-refractivity contribution >= 4 is 34.8 Å². The van der Waals surface area contributed by atoms with Gasteiger partial charge in [-0.1, -0.05) is 29.3 Å². The molecule has 6 nitrogen and oxygen atoms in total. The lowest BCUT2D eigenvalue weighted by atomic mass is 10.1. The highest BCUT2D eigenvalue weighted by Crippen LogP contribution is 2.27. The molecule has 1 amide bonds. The molecule has 0 atom stereocenters. The topological polar surface area (TPSA) is 83.4 Å². The smallest absolute Gasteiger partial charge is 0.263 e. The van der Waals surface area contributed by atoms with E-state index in [1.165, 1.54) is 6.20 Å². The average molecular weight is 420 g/mol. The maximum atomic E-state index is 12.2. The highest BCUT2D eigenvalue weighted by Gasteiger charge is 2.09.